The Bertz CT molecular complexity index is 393. The smallest absolute Gasteiger partial charge is 0.136 e. The molecule has 0 fully saturated rings. The average Bonchev–Trinajstić information content (AvgIpc) is 2.23. The third kappa shape index (κ3) is 4.28. The molecule has 4 nitrogen and oxygen atoms in total. The van der Waals surface area contributed by atoms with Gasteiger partial charge in [0.1, 0.15) is 10.8 Å². The van der Waals surface area contributed by atoms with E-state index < -0.39 is 0 Å². The Morgan fingerprint density at radius 3 is 2.88 bits per heavy atom. The lowest BCUT2D eigenvalue weighted by molar-refractivity contribution is 0.0870. The standard InChI is InChI=1S/C12H19N3OS/c1-8(2)16-7-6-15-12-10(11(13)17)9(3)4-5-14-12/h4-5,8H,6-7H2,1-3H3,(H2,13,17)(H,14,15). The first kappa shape index (κ1) is 13.9. The van der Waals surface area contributed by atoms with E-state index >= 15 is 0 Å². The highest BCUT2D eigenvalue weighted by Gasteiger charge is 2.09. The number of nitrogens with zero attached hydrogens (tertiary/aromatic N) is 1. The van der Waals surface area contributed by atoms with Crippen molar-refractivity contribution < 1.29 is 4.74 Å². The van der Waals surface area contributed by atoms with E-state index in [2.05, 4.69) is 10.3 Å². The van der Waals surface area contributed by atoms with Crippen LogP contribution >= 0.6 is 12.2 Å². The summed E-state index contributed by atoms with van der Waals surface area (Å²) >= 11 is 5.02. The Morgan fingerprint density at radius 1 is 1.59 bits per heavy atom. The van der Waals surface area contributed by atoms with Crippen molar-refractivity contribution in [3.05, 3.63) is 23.4 Å². The molecule has 3 N–H and O–H groups in total. The molecule has 0 amide bonds. The minimum Gasteiger partial charge on any atom is -0.389 e. The van der Waals surface area contributed by atoms with Crippen LogP contribution in [0.5, 0.6) is 0 Å². The molecule has 1 heterocycles. The van der Waals surface area contributed by atoms with Crippen LogP contribution in [0.2, 0.25) is 0 Å². The third-order valence-corrected chi connectivity index (χ3v) is 2.46. The van der Waals surface area contributed by atoms with E-state index in [0.717, 1.165) is 16.9 Å². The molecule has 0 atom stereocenters. The van der Waals surface area contributed by atoms with Gasteiger partial charge in [-0.25, -0.2) is 4.98 Å². The first-order valence-electron chi connectivity index (χ1n) is 5.63. The maximum absolute atomic E-state index is 5.69. The summed E-state index contributed by atoms with van der Waals surface area (Å²) in [5.41, 5.74) is 7.53. The second kappa shape index (κ2) is 6.51. The van der Waals surface area contributed by atoms with E-state index in [-0.39, 0.29) is 6.10 Å². The number of aryl methyl sites for hydroxylation is 1. The van der Waals surface area contributed by atoms with Crippen molar-refractivity contribution in [2.75, 3.05) is 18.5 Å². The monoisotopic (exact) mass is 253 g/mol. The topological polar surface area (TPSA) is 60.2 Å². The van der Waals surface area contributed by atoms with Gasteiger partial charge in [-0.05, 0) is 32.4 Å². The number of anilines is 1. The number of pyridine rings is 1. The normalized spacial score (nSPS) is 10.6. The van der Waals surface area contributed by atoms with E-state index in [0.29, 0.717) is 18.1 Å². The Labute approximate surface area is 108 Å². The van der Waals surface area contributed by atoms with Crippen LogP contribution < -0.4 is 11.1 Å². The van der Waals surface area contributed by atoms with Gasteiger partial charge in [-0.15, -0.1) is 0 Å². The van der Waals surface area contributed by atoms with Crippen LogP contribution in [0.25, 0.3) is 0 Å². The van der Waals surface area contributed by atoms with Crippen LogP contribution in [0.4, 0.5) is 5.82 Å². The van der Waals surface area contributed by atoms with Gasteiger partial charge in [0.2, 0.25) is 0 Å². The summed E-state index contributed by atoms with van der Waals surface area (Å²) in [6, 6.07) is 1.89. The second-order valence-electron chi connectivity index (χ2n) is 4.06. The van der Waals surface area contributed by atoms with E-state index in [1.165, 1.54) is 0 Å². The molecule has 0 aliphatic carbocycles. The predicted molar refractivity (Wildman–Crippen MR) is 74.4 cm³/mol. The number of thiocarbonyl (C=S) groups is 1. The summed E-state index contributed by atoms with van der Waals surface area (Å²) in [5, 5.41) is 3.19. The second-order valence-corrected chi connectivity index (χ2v) is 4.50. The van der Waals surface area contributed by atoms with E-state index in [4.69, 9.17) is 22.7 Å². The van der Waals surface area contributed by atoms with Crippen molar-refractivity contribution in [2.24, 2.45) is 5.73 Å². The third-order valence-electron chi connectivity index (χ3n) is 2.25. The van der Waals surface area contributed by atoms with Crippen LogP contribution in [0.15, 0.2) is 12.3 Å². The van der Waals surface area contributed by atoms with Gasteiger partial charge in [0.25, 0.3) is 0 Å². The molecule has 0 bridgehead atoms. The Hall–Kier alpha value is -1.20. The fourth-order valence-electron chi connectivity index (χ4n) is 1.47. The summed E-state index contributed by atoms with van der Waals surface area (Å²) < 4.78 is 5.44. The molecule has 0 unspecified atom stereocenters. The van der Waals surface area contributed by atoms with Crippen molar-refractivity contribution >= 4 is 23.0 Å². The van der Waals surface area contributed by atoms with Crippen LogP contribution in [-0.4, -0.2) is 29.2 Å². The quantitative estimate of drug-likeness (QED) is 0.598. The highest BCUT2D eigenvalue weighted by molar-refractivity contribution is 7.80. The molecule has 0 aromatic carbocycles. The minimum atomic E-state index is 0.234. The van der Waals surface area contributed by atoms with Crippen molar-refractivity contribution in [2.45, 2.75) is 26.9 Å². The van der Waals surface area contributed by atoms with Crippen LogP contribution in [0.1, 0.15) is 25.0 Å². The molecular formula is C12H19N3OS. The summed E-state index contributed by atoms with van der Waals surface area (Å²) in [7, 11) is 0. The van der Waals surface area contributed by atoms with Gasteiger partial charge in [-0.3, -0.25) is 0 Å². The van der Waals surface area contributed by atoms with Crippen molar-refractivity contribution in [1.29, 1.82) is 0 Å². The van der Waals surface area contributed by atoms with Gasteiger partial charge in [0.05, 0.1) is 18.3 Å². The van der Waals surface area contributed by atoms with E-state index in [9.17, 15) is 0 Å². The molecule has 94 valence electrons. The van der Waals surface area contributed by atoms with Gasteiger partial charge in [-0.1, -0.05) is 12.2 Å². The summed E-state index contributed by atoms with van der Waals surface area (Å²) in [5.74, 6) is 0.727. The number of hydrogen-bond acceptors (Lipinski definition) is 4. The van der Waals surface area contributed by atoms with Gasteiger partial charge >= 0.3 is 0 Å². The van der Waals surface area contributed by atoms with Crippen molar-refractivity contribution in [1.82, 2.24) is 4.98 Å². The molecule has 5 heteroatoms. The number of rotatable bonds is 6. The van der Waals surface area contributed by atoms with Crippen molar-refractivity contribution in [3.63, 3.8) is 0 Å². The fraction of sp³-hybridized carbons (Fsp3) is 0.500. The van der Waals surface area contributed by atoms with E-state index in [1.54, 1.807) is 6.20 Å². The van der Waals surface area contributed by atoms with Crippen LogP contribution in [0, 0.1) is 6.92 Å². The zero-order chi connectivity index (χ0) is 12.8. The van der Waals surface area contributed by atoms with Gasteiger partial charge in [-0.2, -0.15) is 0 Å². The maximum Gasteiger partial charge on any atom is 0.136 e. The Kier molecular flexibility index (Phi) is 5.31. The molecule has 0 saturated heterocycles. The van der Waals surface area contributed by atoms with Crippen LogP contribution in [0.3, 0.4) is 0 Å². The largest absolute Gasteiger partial charge is 0.389 e. The molecule has 0 aliphatic rings. The number of aromatic nitrogens is 1. The zero-order valence-corrected chi connectivity index (χ0v) is 11.3. The molecule has 0 radical (unpaired) electrons. The van der Waals surface area contributed by atoms with Crippen molar-refractivity contribution in [3.8, 4) is 0 Å². The molecule has 1 aromatic rings. The van der Waals surface area contributed by atoms with Gasteiger partial charge < -0.3 is 15.8 Å². The molecular weight excluding hydrogens is 234 g/mol. The first-order chi connectivity index (χ1) is 8.02. The minimum absolute atomic E-state index is 0.234. The van der Waals surface area contributed by atoms with Crippen LogP contribution in [-0.2, 0) is 4.74 Å². The highest BCUT2D eigenvalue weighted by atomic mass is 32.1. The summed E-state index contributed by atoms with van der Waals surface area (Å²) in [4.78, 5) is 4.61. The number of hydrogen-bond donors (Lipinski definition) is 2. The first-order valence-corrected chi connectivity index (χ1v) is 6.04. The molecule has 0 saturated carbocycles. The molecule has 0 aliphatic heterocycles. The molecule has 1 aromatic heterocycles. The SMILES string of the molecule is Cc1ccnc(NCCOC(C)C)c1C(N)=S. The number of nitrogens with one attached hydrogen (secondary N) is 1. The summed E-state index contributed by atoms with van der Waals surface area (Å²) in [6.07, 6.45) is 1.97. The zero-order valence-electron chi connectivity index (χ0n) is 10.5. The lowest BCUT2D eigenvalue weighted by Gasteiger charge is -2.13. The lowest BCUT2D eigenvalue weighted by Crippen LogP contribution is -2.19. The van der Waals surface area contributed by atoms with Gasteiger partial charge in [0.15, 0.2) is 0 Å². The molecule has 17 heavy (non-hydrogen) atoms. The van der Waals surface area contributed by atoms with E-state index in [1.807, 2.05) is 26.8 Å². The van der Waals surface area contributed by atoms with Gasteiger partial charge in [0, 0.05) is 12.7 Å². The average molecular weight is 253 g/mol. The molecule has 0 spiro atoms. The molecule has 1 rings (SSSR count). The Balaban J connectivity index is 2.64. The maximum atomic E-state index is 5.69. The number of ether oxygens (including phenoxy) is 1. The highest BCUT2D eigenvalue weighted by Crippen LogP contribution is 2.15. The summed E-state index contributed by atoms with van der Waals surface area (Å²) in [6.45, 7) is 7.29. The lowest BCUT2D eigenvalue weighted by atomic mass is 10.1. The number of nitrogens with two attached hydrogens (primary N) is 1. The fourth-order valence-corrected chi connectivity index (χ4v) is 1.73. The predicted octanol–water partition coefficient (Wildman–Crippen LogP) is 1.86. The Morgan fingerprint density at radius 2 is 2.29 bits per heavy atom.